The van der Waals surface area contributed by atoms with Crippen LogP contribution in [0.1, 0.15) is 0 Å². The summed E-state index contributed by atoms with van der Waals surface area (Å²) in [4.78, 5) is 4.94. The number of aromatic nitrogens is 1. The van der Waals surface area contributed by atoms with Crippen LogP contribution in [0.2, 0.25) is 0 Å². The molecule has 7 aromatic carbocycles. The maximum Gasteiger partial charge on any atom is 0.252 e. The van der Waals surface area contributed by atoms with E-state index in [0.717, 1.165) is 11.4 Å². The van der Waals surface area contributed by atoms with E-state index in [1.54, 1.807) is 0 Å². The van der Waals surface area contributed by atoms with Gasteiger partial charge in [0.2, 0.25) is 0 Å². The summed E-state index contributed by atoms with van der Waals surface area (Å²) in [5, 5.41) is 2.53. The molecule has 0 atom stereocenters. The van der Waals surface area contributed by atoms with Gasteiger partial charge in [-0.05, 0) is 77.1 Å². The largest absolute Gasteiger partial charge is 0.311 e. The number of rotatable bonds is 3. The molecule has 4 heteroatoms. The zero-order valence-electron chi connectivity index (χ0n) is 25.1. The van der Waals surface area contributed by atoms with Crippen molar-refractivity contribution >= 4 is 79.0 Å². The Kier molecular flexibility index (Phi) is 5.37. The van der Waals surface area contributed by atoms with Gasteiger partial charge in [0.1, 0.15) is 0 Å². The third-order valence-corrected chi connectivity index (χ3v) is 9.75. The number of hydrogen-bond donors (Lipinski definition) is 0. The second-order valence-electron chi connectivity index (χ2n) is 12.1. The highest BCUT2D eigenvalue weighted by atomic mass is 15.2. The van der Waals surface area contributed by atoms with Gasteiger partial charge in [0.05, 0.1) is 22.4 Å². The molecule has 2 aliphatic rings. The molecule has 46 heavy (non-hydrogen) atoms. The fourth-order valence-corrected chi connectivity index (χ4v) is 7.98. The van der Waals surface area contributed by atoms with Gasteiger partial charge in [-0.25, -0.2) is 0 Å². The van der Waals surface area contributed by atoms with Crippen LogP contribution in [-0.4, -0.2) is 11.3 Å². The lowest BCUT2D eigenvalue weighted by Crippen LogP contribution is -2.61. The summed E-state index contributed by atoms with van der Waals surface area (Å²) in [6.45, 7) is 0.0744. The van der Waals surface area contributed by atoms with Crippen molar-refractivity contribution in [3.63, 3.8) is 0 Å². The normalized spacial score (nSPS) is 13.1. The molecule has 3 nitrogen and oxygen atoms in total. The van der Waals surface area contributed by atoms with Crippen molar-refractivity contribution in [2.45, 2.75) is 0 Å². The van der Waals surface area contributed by atoms with Crippen LogP contribution in [0.5, 0.6) is 0 Å². The van der Waals surface area contributed by atoms with E-state index in [0.29, 0.717) is 0 Å². The van der Waals surface area contributed by atoms with Gasteiger partial charge in [-0.2, -0.15) is 0 Å². The lowest BCUT2D eigenvalue weighted by molar-refractivity contribution is 1.15. The topological polar surface area (TPSA) is 11.4 Å². The minimum atomic E-state index is 0.0744. The van der Waals surface area contributed by atoms with Gasteiger partial charge in [0, 0.05) is 39.2 Å². The molecule has 1 aromatic heterocycles. The highest BCUT2D eigenvalue weighted by Crippen LogP contribution is 2.46. The maximum atomic E-state index is 2.50. The van der Waals surface area contributed by atoms with E-state index in [1.807, 2.05) is 0 Å². The Hall–Kier alpha value is -6.00. The van der Waals surface area contributed by atoms with Crippen molar-refractivity contribution in [1.82, 2.24) is 4.57 Å². The van der Waals surface area contributed by atoms with Gasteiger partial charge < -0.3 is 14.4 Å². The minimum absolute atomic E-state index is 0.0744. The predicted molar refractivity (Wildman–Crippen MR) is 195 cm³/mol. The van der Waals surface area contributed by atoms with Crippen LogP contribution in [0.25, 0.3) is 27.5 Å². The Bertz CT molecular complexity index is 2390. The van der Waals surface area contributed by atoms with Gasteiger partial charge in [0.15, 0.2) is 0 Å². The molecule has 0 aliphatic carbocycles. The fourth-order valence-electron chi connectivity index (χ4n) is 7.98. The molecular formula is C42H28BN3. The Morgan fingerprint density at radius 2 is 0.826 bits per heavy atom. The van der Waals surface area contributed by atoms with Crippen molar-refractivity contribution in [3.05, 3.63) is 170 Å². The first kappa shape index (κ1) is 25.3. The van der Waals surface area contributed by atoms with E-state index in [9.17, 15) is 0 Å². The van der Waals surface area contributed by atoms with Crippen LogP contribution in [0.3, 0.4) is 0 Å². The van der Waals surface area contributed by atoms with Crippen molar-refractivity contribution in [2.75, 3.05) is 9.80 Å². The summed E-state index contributed by atoms with van der Waals surface area (Å²) >= 11 is 0. The number of hydrogen-bond acceptors (Lipinski definition) is 2. The van der Waals surface area contributed by atoms with Gasteiger partial charge in [-0.15, -0.1) is 0 Å². The molecular weight excluding hydrogens is 557 g/mol. The molecule has 0 saturated heterocycles. The smallest absolute Gasteiger partial charge is 0.252 e. The summed E-state index contributed by atoms with van der Waals surface area (Å²) in [5.74, 6) is 0. The number of benzene rings is 7. The second kappa shape index (κ2) is 9.75. The van der Waals surface area contributed by atoms with E-state index in [1.165, 1.54) is 66.6 Å². The SMILES string of the molecule is c1ccc(N2c3ccccc3B3c4cccc(-n5c6ccccc6c6ccccc65)c4N(c4ccccc4)c4cccc2c43)cc1. The Morgan fingerprint density at radius 3 is 1.52 bits per heavy atom. The summed E-state index contributed by atoms with van der Waals surface area (Å²) in [7, 11) is 0. The third-order valence-electron chi connectivity index (χ3n) is 9.75. The summed E-state index contributed by atoms with van der Waals surface area (Å²) in [6, 6.07) is 61.9. The Balaban J connectivity index is 1.34. The van der Waals surface area contributed by atoms with E-state index >= 15 is 0 Å². The number of anilines is 6. The average Bonchev–Trinajstić information content (AvgIpc) is 3.46. The molecule has 8 aromatic rings. The average molecular weight is 586 g/mol. The lowest BCUT2D eigenvalue weighted by atomic mass is 9.33. The van der Waals surface area contributed by atoms with Crippen LogP contribution in [0, 0.1) is 0 Å². The second-order valence-corrected chi connectivity index (χ2v) is 12.1. The molecule has 214 valence electrons. The molecule has 0 N–H and O–H groups in total. The molecule has 3 heterocycles. The fraction of sp³-hybridized carbons (Fsp3) is 0. The van der Waals surface area contributed by atoms with Crippen molar-refractivity contribution in [3.8, 4) is 5.69 Å². The zero-order chi connectivity index (χ0) is 30.2. The molecule has 10 rings (SSSR count). The van der Waals surface area contributed by atoms with E-state index in [2.05, 4.69) is 184 Å². The van der Waals surface area contributed by atoms with Gasteiger partial charge in [-0.1, -0.05) is 109 Å². The summed E-state index contributed by atoms with van der Waals surface area (Å²) in [6.07, 6.45) is 0. The van der Waals surface area contributed by atoms with E-state index in [-0.39, 0.29) is 6.71 Å². The van der Waals surface area contributed by atoms with Crippen LogP contribution in [-0.2, 0) is 0 Å². The minimum Gasteiger partial charge on any atom is -0.311 e. The summed E-state index contributed by atoms with van der Waals surface area (Å²) < 4.78 is 2.47. The van der Waals surface area contributed by atoms with Crippen molar-refractivity contribution < 1.29 is 0 Å². The first-order chi connectivity index (χ1) is 22.9. The lowest BCUT2D eigenvalue weighted by Gasteiger charge is -2.44. The monoisotopic (exact) mass is 585 g/mol. The molecule has 0 spiro atoms. The first-order valence-electron chi connectivity index (χ1n) is 15.9. The first-order valence-corrected chi connectivity index (χ1v) is 15.9. The van der Waals surface area contributed by atoms with E-state index < -0.39 is 0 Å². The number of nitrogens with zero attached hydrogens (tertiary/aromatic N) is 3. The van der Waals surface area contributed by atoms with Crippen LogP contribution in [0.4, 0.5) is 34.1 Å². The molecule has 0 bridgehead atoms. The maximum absolute atomic E-state index is 2.50. The van der Waals surface area contributed by atoms with Gasteiger partial charge >= 0.3 is 0 Å². The van der Waals surface area contributed by atoms with Crippen LogP contribution in [0.15, 0.2) is 170 Å². The zero-order valence-corrected chi connectivity index (χ0v) is 25.1. The Labute approximate surface area is 268 Å². The predicted octanol–water partition coefficient (Wildman–Crippen LogP) is 8.87. The third kappa shape index (κ3) is 3.44. The van der Waals surface area contributed by atoms with Gasteiger partial charge in [0.25, 0.3) is 6.71 Å². The van der Waals surface area contributed by atoms with Crippen molar-refractivity contribution in [2.24, 2.45) is 0 Å². The molecule has 0 radical (unpaired) electrons. The van der Waals surface area contributed by atoms with Gasteiger partial charge in [-0.3, -0.25) is 0 Å². The standard InChI is InChI=1S/C42H28BN3/c1-3-15-29(16-4-1)44-37-25-12-9-21-33(37)43-34-22-13-28-40(46-35-23-10-7-19-31(35)32-20-8-11-24-36(32)46)42(34)45(30-17-5-2-6-18-30)39-27-14-26-38(44)41(39)43/h1-28H. The number of para-hydroxylation sites is 6. The molecule has 2 aliphatic heterocycles. The van der Waals surface area contributed by atoms with Crippen LogP contribution >= 0.6 is 0 Å². The highest BCUT2D eigenvalue weighted by molar-refractivity contribution is 7.00. The van der Waals surface area contributed by atoms with E-state index in [4.69, 9.17) is 0 Å². The quantitative estimate of drug-likeness (QED) is 0.192. The Morgan fingerprint density at radius 1 is 0.348 bits per heavy atom. The summed E-state index contributed by atoms with van der Waals surface area (Å²) in [5.41, 5.74) is 14.8. The van der Waals surface area contributed by atoms with Crippen molar-refractivity contribution in [1.29, 1.82) is 0 Å². The molecule has 0 unspecified atom stereocenters. The number of fused-ring (bicyclic) bond motifs is 7. The molecule has 0 amide bonds. The molecule has 0 fully saturated rings. The highest BCUT2D eigenvalue weighted by Gasteiger charge is 2.43. The molecule has 0 saturated carbocycles. The van der Waals surface area contributed by atoms with Crippen LogP contribution < -0.4 is 26.2 Å².